The smallest absolute Gasteiger partial charge is 0.321 e. The molecule has 1 aromatic carbocycles. The number of anilines is 1. The molecule has 0 aliphatic carbocycles. The highest BCUT2D eigenvalue weighted by Gasteiger charge is 2.11. The van der Waals surface area contributed by atoms with E-state index in [0.29, 0.717) is 16.6 Å². The van der Waals surface area contributed by atoms with Crippen LogP contribution < -0.4 is 10.6 Å². The fraction of sp³-hybridized carbons (Fsp3) is 0.267. The Balaban J connectivity index is 1.95. The van der Waals surface area contributed by atoms with Crippen LogP contribution in [0.15, 0.2) is 24.3 Å². The Hall–Kier alpha value is -2.12. The van der Waals surface area contributed by atoms with E-state index in [9.17, 15) is 9.59 Å². The second-order valence-corrected chi connectivity index (χ2v) is 6.38. The quantitative estimate of drug-likeness (QED) is 0.743. The number of aliphatic carboxylic acids is 1. The largest absolute Gasteiger partial charge is 0.481 e. The molecule has 0 radical (unpaired) electrons. The zero-order chi connectivity index (χ0) is 16.8. The SMILES string of the molecule is Cc1nc(NC(=O)NCCC(=O)O)sc1Cc1cccc(Cl)c1. The van der Waals surface area contributed by atoms with E-state index in [1.165, 1.54) is 11.3 Å². The number of amides is 2. The molecule has 0 unspecified atom stereocenters. The van der Waals surface area contributed by atoms with Crippen LogP contribution in [0.4, 0.5) is 9.93 Å². The number of carbonyl (C=O) groups excluding carboxylic acids is 1. The molecule has 8 heteroatoms. The third kappa shape index (κ3) is 5.54. The molecular formula is C15H16ClN3O3S. The summed E-state index contributed by atoms with van der Waals surface area (Å²) in [5.41, 5.74) is 1.91. The van der Waals surface area contributed by atoms with Crippen molar-refractivity contribution in [3.05, 3.63) is 45.4 Å². The first-order chi connectivity index (χ1) is 10.9. The van der Waals surface area contributed by atoms with Crippen molar-refractivity contribution >= 4 is 40.1 Å². The van der Waals surface area contributed by atoms with Crippen LogP contribution >= 0.6 is 22.9 Å². The number of urea groups is 1. The Morgan fingerprint density at radius 1 is 1.39 bits per heavy atom. The highest BCUT2D eigenvalue weighted by Crippen LogP contribution is 2.25. The Labute approximate surface area is 142 Å². The number of hydrogen-bond acceptors (Lipinski definition) is 4. The summed E-state index contributed by atoms with van der Waals surface area (Å²) in [6.07, 6.45) is 0.566. The van der Waals surface area contributed by atoms with Gasteiger partial charge in [0, 0.05) is 22.9 Å². The molecule has 0 fully saturated rings. The van der Waals surface area contributed by atoms with Gasteiger partial charge in [-0.25, -0.2) is 9.78 Å². The molecule has 1 aromatic heterocycles. The number of aryl methyl sites for hydroxylation is 1. The number of carboxylic acids is 1. The molecule has 0 saturated carbocycles. The van der Waals surface area contributed by atoms with Crippen molar-refractivity contribution in [3.8, 4) is 0 Å². The van der Waals surface area contributed by atoms with Gasteiger partial charge in [0.2, 0.25) is 0 Å². The first-order valence-electron chi connectivity index (χ1n) is 6.91. The van der Waals surface area contributed by atoms with Crippen LogP contribution in [0.1, 0.15) is 22.6 Å². The van der Waals surface area contributed by atoms with Crippen molar-refractivity contribution in [1.82, 2.24) is 10.3 Å². The molecule has 2 amide bonds. The normalized spacial score (nSPS) is 10.3. The Morgan fingerprint density at radius 3 is 2.87 bits per heavy atom. The molecule has 6 nitrogen and oxygen atoms in total. The predicted octanol–water partition coefficient (Wildman–Crippen LogP) is 3.29. The van der Waals surface area contributed by atoms with Crippen LogP contribution in [0.25, 0.3) is 0 Å². The lowest BCUT2D eigenvalue weighted by Gasteiger charge is -2.03. The minimum Gasteiger partial charge on any atom is -0.481 e. The van der Waals surface area contributed by atoms with Crippen LogP contribution in [0, 0.1) is 6.92 Å². The van der Waals surface area contributed by atoms with Crippen LogP contribution in [-0.2, 0) is 11.2 Å². The maximum Gasteiger partial charge on any atom is 0.321 e. The number of nitrogens with one attached hydrogen (secondary N) is 2. The highest BCUT2D eigenvalue weighted by molar-refractivity contribution is 7.15. The summed E-state index contributed by atoms with van der Waals surface area (Å²) < 4.78 is 0. The van der Waals surface area contributed by atoms with E-state index in [0.717, 1.165) is 16.1 Å². The van der Waals surface area contributed by atoms with E-state index in [2.05, 4.69) is 15.6 Å². The number of aromatic nitrogens is 1. The molecule has 2 aromatic rings. The monoisotopic (exact) mass is 353 g/mol. The van der Waals surface area contributed by atoms with Crippen LogP contribution in [0.5, 0.6) is 0 Å². The lowest BCUT2D eigenvalue weighted by molar-refractivity contribution is -0.136. The number of hydrogen-bond donors (Lipinski definition) is 3. The summed E-state index contributed by atoms with van der Waals surface area (Å²) in [5, 5.41) is 14.8. The summed E-state index contributed by atoms with van der Waals surface area (Å²) in [6, 6.07) is 7.12. The van der Waals surface area contributed by atoms with Crippen LogP contribution in [0.3, 0.4) is 0 Å². The molecule has 0 atom stereocenters. The summed E-state index contributed by atoms with van der Waals surface area (Å²) >= 11 is 7.36. The zero-order valence-corrected chi connectivity index (χ0v) is 14.0. The van der Waals surface area contributed by atoms with Gasteiger partial charge in [-0.15, -0.1) is 11.3 Å². The van der Waals surface area contributed by atoms with Gasteiger partial charge in [-0.05, 0) is 24.6 Å². The number of benzene rings is 1. The maximum absolute atomic E-state index is 11.7. The average Bonchev–Trinajstić information content (AvgIpc) is 2.78. The molecule has 0 bridgehead atoms. The van der Waals surface area contributed by atoms with Crippen molar-refractivity contribution in [2.24, 2.45) is 0 Å². The van der Waals surface area contributed by atoms with Gasteiger partial charge < -0.3 is 10.4 Å². The number of carboxylic acid groups (broad SMARTS) is 1. The maximum atomic E-state index is 11.7. The summed E-state index contributed by atoms with van der Waals surface area (Å²) in [5.74, 6) is -0.959. The number of carbonyl (C=O) groups is 2. The van der Waals surface area contributed by atoms with Crippen molar-refractivity contribution in [2.75, 3.05) is 11.9 Å². The summed E-state index contributed by atoms with van der Waals surface area (Å²) in [4.78, 5) is 27.4. The van der Waals surface area contributed by atoms with E-state index in [-0.39, 0.29) is 13.0 Å². The number of nitrogens with zero attached hydrogens (tertiary/aromatic N) is 1. The van der Waals surface area contributed by atoms with Gasteiger partial charge in [0.25, 0.3) is 0 Å². The van der Waals surface area contributed by atoms with Crippen molar-refractivity contribution < 1.29 is 14.7 Å². The molecule has 3 N–H and O–H groups in total. The Kier molecular flexibility index (Phi) is 5.95. The fourth-order valence-electron chi connectivity index (χ4n) is 1.90. The number of rotatable bonds is 6. The molecule has 0 aliphatic rings. The van der Waals surface area contributed by atoms with Gasteiger partial charge >= 0.3 is 12.0 Å². The minimum atomic E-state index is -0.959. The Morgan fingerprint density at radius 2 is 2.17 bits per heavy atom. The van der Waals surface area contributed by atoms with E-state index in [1.54, 1.807) is 0 Å². The molecule has 2 rings (SSSR count). The molecule has 1 heterocycles. The van der Waals surface area contributed by atoms with Crippen LogP contribution in [-0.4, -0.2) is 28.6 Å². The van der Waals surface area contributed by atoms with Crippen molar-refractivity contribution in [1.29, 1.82) is 0 Å². The number of halogens is 1. The molecule has 0 spiro atoms. The number of thiazole rings is 1. The zero-order valence-electron chi connectivity index (χ0n) is 12.4. The molecular weight excluding hydrogens is 338 g/mol. The van der Waals surface area contributed by atoms with E-state index in [1.807, 2.05) is 31.2 Å². The highest BCUT2D eigenvalue weighted by atomic mass is 35.5. The van der Waals surface area contributed by atoms with Gasteiger partial charge in [0.1, 0.15) is 0 Å². The van der Waals surface area contributed by atoms with Crippen molar-refractivity contribution in [3.63, 3.8) is 0 Å². The van der Waals surface area contributed by atoms with Gasteiger partial charge in [0.05, 0.1) is 12.1 Å². The van der Waals surface area contributed by atoms with Crippen LogP contribution in [0.2, 0.25) is 5.02 Å². The van der Waals surface area contributed by atoms with E-state index in [4.69, 9.17) is 16.7 Å². The first-order valence-corrected chi connectivity index (χ1v) is 8.11. The first kappa shape index (κ1) is 17.2. The standard InChI is InChI=1S/C15H16ClN3O3S/c1-9-12(8-10-3-2-4-11(16)7-10)23-15(18-9)19-14(22)17-6-5-13(20)21/h2-4,7H,5-6,8H2,1H3,(H,20,21)(H2,17,18,19,22). The van der Waals surface area contributed by atoms with Gasteiger partial charge in [0.15, 0.2) is 5.13 Å². The molecule has 122 valence electrons. The third-order valence-corrected chi connectivity index (χ3v) is 4.30. The fourth-order valence-corrected chi connectivity index (χ4v) is 3.11. The third-order valence-electron chi connectivity index (χ3n) is 2.99. The molecule has 0 aliphatic heterocycles. The van der Waals surface area contributed by atoms with E-state index >= 15 is 0 Å². The second-order valence-electron chi connectivity index (χ2n) is 4.86. The summed E-state index contributed by atoms with van der Waals surface area (Å²) in [7, 11) is 0. The van der Waals surface area contributed by atoms with Gasteiger partial charge in [-0.2, -0.15) is 0 Å². The van der Waals surface area contributed by atoms with E-state index < -0.39 is 12.0 Å². The topological polar surface area (TPSA) is 91.3 Å². The molecule has 23 heavy (non-hydrogen) atoms. The second kappa shape index (κ2) is 7.94. The molecule has 0 saturated heterocycles. The lowest BCUT2D eigenvalue weighted by atomic mass is 10.1. The summed E-state index contributed by atoms with van der Waals surface area (Å²) in [6.45, 7) is 1.95. The van der Waals surface area contributed by atoms with Gasteiger partial charge in [-0.1, -0.05) is 23.7 Å². The predicted molar refractivity (Wildman–Crippen MR) is 90.4 cm³/mol. The van der Waals surface area contributed by atoms with Gasteiger partial charge in [-0.3, -0.25) is 10.1 Å². The average molecular weight is 354 g/mol. The minimum absolute atomic E-state index is 0.0703. The lowest BCUT2D eigenvalue weighted by Crippen LogP contribution is -2.30. The Bertz CT molecular complexity index is 718. The van der Waals surface area contributed by atoms with Crippen molar-refractivity contribution in [2.45, 2.75) is 19.8 Å².